The second-order valence-electron chi connectivity index (χ2n) is 3.62. The van der Waals surface area contributed by atoms with Crippen molar-refractivity contribution in [2.45, 2.75) is 0 Å². The molecule has 1 aromatic rings. The highest BCUT2D eigenvalue weighted by atomic mass is 35.5. The van der Waals surface area contributed by atoms with Crippen molar-refractivity contribution in [1.29, 1.82) is 0 Å². The molecular weight excluding hydrogens is 294 g/mol. The van der Waals surface area contributed by atoms with E-state index < -0.39 is 20.9 Å². The molecule has 0 bridgehead atoms. The molecule has 19 heavy (non-hydrogen) atoms. The maximum Gasteiger partial charge on any atom is 0.349 e. The van der Waals surface area contributed by atoms with Crippen LogP contribution in [0.1, 0.15) is 0 Å². The zero-order valence-corrected chi connectivity index (χ0v) is 11.0. The summed E-state index contributed by atoms with van der Waals surface area (Å²) in [4.78, 5) is 10.1. The largest absolute Gasteiger partial charge is 0.489 e. The summed E-state index contributed by atoms with van der Waals surface area (Å²) in [6.07, 6.45) is 0.976. The number of carboxylic acids is 1. The second kappa shape index (κ2) is 5.02. The summed E-state index contributed by atoms with van der Waals surface area (Å²) in [6, 6.07) is 6.46. The normalized spacial score (nSPS) is 16.7. The Morgan fingerprint density at radius 2 is 2.16 bits per heavy atom. The maximum atomic E-state index is 11.4. The van der Waals surface area contributed by atoms with Gasteiger partial charge in [-0.2, -0.15) is 12.8 Å². The Morgan fingerprint density at radius 3 is 2.79 bits per heavy atom. The third-order valence-corrected chi connectivity index (χ3v) is 3.85. The minimum absolute atomic E-state index is 0.00697. The van der Waals surface area contributed by atoms with Crippen molar-refractivity contribution in [2.24, 2.45) is 4.40 Å². The Kier molecular flexibility index (Phi) is 3.59. The predicted octanol–water partition coefficient (Wildman–Crippen LogP) is 1.47. The number of hydrogen-bond donors (Lipinski definition) is 1. The molecular formula is C11H8ClNO5S. The van der Waals surface area contributed by atoms with Crippen molar-refractivity contribution in [2.75, 3.05) is 6.61 Å². The molecule has 0 radical (unpaired) electrons. The van der Waals surface area contributed by atoms with Crippen LogP contribution in [-0.2, 0) is 14.8 Å². The molecule has 1 aliphatic heterocycles. The topological polar surface area (TPSA) is 93.0 Å². The monoisotopic (exact) mass is 301 g/mol. The number of nitrogens with zero attached hydrogens (tertiary/aromatic N) is 1. The molecule has 2 rings (SSSR count). The molecule has 0 saturated heterocycles. The molecule has 0 atom stereocenters. The molecule has 1 aliphatic rings. The van der Waals surface area contributed by atoms with E-state index in [0.29, 0.717) is 10.8 Å². The molecule has 1 heterocycles. The molecule has 0 aliphatic carbocycles. The van der Waals surface area contributed by atoms with E-state index >= 15 is 0 Å². The van der Waals surface area contributed by atoms with E-state index in [-0.39, 0.29) is 12.2 Å². The summed E-state index contributed by atoms with van der Waals surface area (Å²) >= 11 is 5.76. The van der Waals surface area contributed by atoms with E-state index in [1.165, 1.54) is 6.07 Å². The number of carboxylic acid groups (broad SMARTS) is 1. The van der Waals surface area contributed by atoms with Crippen LogP contribution in [0.15, 0.2) is 39.1 Å². The highest BCUT2D eigenvalue weighted by molar-refractivity contribution is 7.95. The first-order valence-corrected chi connectivity index (χ1v) is 6.87. The highest BCUT2D eigenvalue weighted by Crippen LogP contribution is 2.22. The standard InChI is InChI=1S/C11H8ClNO5S/c12-8-2-1-3-9(4-8)18-6-7-5-13-19(16,17)10(7)11(14)15/h1-5H,6H2,(H,14,15). The first kappa shape index (κ1) is 13.6. The minimum atomic E-state index is -4.10. The molecule has 0 saturated carbocycles. The summed E-state index contributed by atoms with van der Waals surface area (Å²) in [5.41, 5.74) is -0.00697. The molecule has 0 spiro atoms. The number of ether oxygens (including phenoxy) is 1. The molecule has 6 nitrogen and oxygen atoms in total. The molecule has 1 aromatic carbocycles. The van der Waals surface area contributed by atoms with Gasteiger partial charge in [0.25, 0.3) is 10.0 Å². The van der Waals surface area contributed by atoms with Gasteiger partial charge in [0.2, 0.25) is 0 Å². The lowest BCUT2D eigenvalue weighted by Crippen LogP contribution is -2.12. The van der Waals surface area contributed by atoms with Crippen LogP contribution in [0.5, 0.6) is 5.75 Å². The zero-order chi connectivity index (χ0) is 14.0. The second-order valence-corrected chi connectivity index (χ2v) is 5.62. The van der Waals surface area contributed by atoms with Crippen LogP contribution in [0.4, 0.5) is 0 Å². The number of carbonyl (C=O) groups is 1. The fourth-order valence-electron chi connectivity index (χ4n) is 1.48. The Balaban J connectivity index is 2.22. The Bertz CT molecular complexity index is 693. The van der Waals surface area contributed by atoms with Crippen molar-refractivity contribution in [3.05, 3.63) is 39.8 Å². The molecule has 0 amide bonds. The van der Waals surface area contributed by atoms with Gasteiger partial charge < -0.3 is 9.84 Å². The average molecular weight is 302 g/mol. The number of halogens is 1. The smallest absolute Gasteiger partial charge is 0.349 e. The van der Waals surface area contributed by atoms with Gasteiger partial charge in [0.1, 0.15) is 12.4 Å². The van der Waals surface area contributed by atoms with E-state index in [0.717, 1.165) is 6.21 Å². The van der Waals surface area contributed by atoms with Gasteiger partial charge in [-0.15, -0.1) is 0 Å². The Hall–Kier alpha value is -1.86. The van der Waals surface area contributed by atoms with Crippen LogP contribution in [0.25, 0.3) is 0 Å². The van der Waals surface area contributed by atoms with Gasteiger partial charge in [0.05, 0.1) is 0 Å². The predicted molar refractivity (Wildman–Crippen MR) is 69.0 cm³/mol. The highest BCUT2D eigenvalue weighted by Gasteiger charge is 2.32. The van der Waals surface area contributed by atoms with E-state index in [2.05, 4.69) is 4.40 Å². The van der Waals surface area contributed by atoms with Gasteiger partial charge >= 0.3 is 5.97 Å². The summed E-state index contributed by atoms with van der Waals surface area (Å²) in [7, 11) is -4.10. The van der Waals surface area contributed by atoms with Gasteiger partial charge in [-0.1, -0.05) is 17.7 Å². The van der Waals surface area contributed by atoms with Gasteiger partial charge in [0.15, 0.2) is 4.91 Å². The van der Waals surface area contributed by atoms with Crippen molar-refractivity contribution in [3.8, 4) is 5.75 Å². The molecule has 8 heteroatoms. The van der Waals surface area contributed by atoms with Crippen LogP contribution in [-0.4, -0.2) is 32.3 Å². The summed E-state index contributed by atoms with van der Waals surface area (Å²) in [5, 5.41) is 9.32. The van der Waals surface area contributed by atoms with Crippen molar-refractivity contribution in [3.63, 3.8) is 0 Å². The fourth-order valence-corrected chi connectivity index (χ4v) is 2.69. The number of sulfonamides is 1. The summed E-state index contributed by atoms with van der Waals surface area (Å²) in [5.74, 6) is -1.15. The molecule has 100 valence electrons. The SMILES string of the molecule is O=C(O)C1=C(COc2cccc(Cl)c2)C=NS1(=O)=O. The third-order valence-electron chi connectivity index (χ3n) is 2.28. The van der Waals surface area contributed by atoms with Gasteiger partial charge in [-0.05, 0) is 18.2 Å². The molecule has 0 aromatic heterocycles. The lowest BCUT2D eigenvalue weighted by Gasteiger charge is -2.06. The van der Waals surface area contributed by atoms with Gasteiger partial charge in [0, 0.05) is 16.8 Å². The van der Waals surface area contributed by atoms with Gasteiger partial charge in [-0.25, -0.2) is 4.79 Å². The Morgan fingerprint density at radius 1 is 1.42 bits per heavy atom. The molecule has 0 unspecified atom stereocenters. The maximum absolute atomic E-state index is 11.4. The number of rotatable bonds is 4. The van der Waals surface area contributed by atoms with Crippen LogP contribution in [0, 0.1) is 0 Å². The molecule has 0 fully saturated rings. The number of benzene rings is 1. The zero-order valence-electron chi connectivity index (χ0n) is 9.41. The number of aliphatic carboxylic acids is 1. The van der Waals surface area contributed by atoms with Crippen LogP contribution < -0.4 is 4.74 Å². The van der Waals surface area contributed by atoms with Crippen molar-refractivity contribution >= 4 is 33.8 Å². The van der Waals surface area contributed by atoms with Crippen LogP contribution in [0.3, 0.4) is 0 Å². The third kappa shape index (κ3) is 2.94. The first-order chi connectivity index (χ1) is 8.90. The van der Waals surface area contributed by atoms with E-state index in [9.17, 15) is 13.2 Å². The fraction of sp³-hybridized carbons (Fsp3) is 0.0909. The van der Waals surface area contributed by atoms with Crippen molar-refractivity contribution in [1.82, 2.24) is 0 Å². The summed E-state index contributed by atoms with van der Waals surface area (Å²) in [6.45, 7) is -0.218. The quantitative estimate of drug-likeness (QED) is 0.909. The lowest BCUT2D eigenvalue weighted by molar-refractivity contribution is -0.131. The number of hydrogen-bond acceptors (Lipinski definition) is 4. The average Bonchev–Trinajstić information content (AvgIpc) is 2.62. The lowest BCUT2D eigenvalue weighted by atomic mass is 10.3. The minimum Gasteiger partial charge on any atom is -0.489 e. The van der Waals surface area contributed by atoms with Crippen LogP contribution in [0.2, 0.25) is 5.02 Å². The van der Waals surface area contributed by atoms with E-state index in [1.807, 2.05) is 0 Å². The van der Waals surface area contributed by atoms with Gasteiger partial charge in [-0.3, -0.25) is 0 Å². The van der Waals surface area contributed by atoms with Crippen LogP contribution >= 0.6 is 11.6 Å². The Labute approximate surface area is 114 Å². The van der Waals surface area contributed by atoms with Crippen molar-refractivity contribution < 1.29 is 23.1 Å². The van der Waals surface area contributed by atoms with E-state index in [1.54, 1.807) is 18.2 Å². The summed E-state index contributed by atoms with van der Waals surface area (Å²) < 4.78 is 31.2. The molecule has 1 N–H and O–H groups in total. The van der Waals surface area contributed by atoms with E-state index in [4.69, 9.17) is 21.4 Å². The first-order valence-electron chi connectivity index (χ1n) is 5.05.